The molecule has 4 aromatic rings. The van der Waals surface area contributed by atoms with E-state index in [9.17, 15) is 14.4 Å². The van der Waals surface area contributed by atoms with Crippen molar-refractivity contribution in [1.29, 1.82) is 0 Å². The van der Waals surface area contributed by atoms with Crippen molar-refractivity contribution in [1.82, 2.24) is 4.57 Å². The number of allylic oxidation sites excluding steroid dienone is 1. The zero-order chi connectivity index (χ0) is 30.8. The summed E-state index contributed by atoms with van der Waals surface area (Å²) in [4.78, 5) is 44.5. The second kappa shape index (κ2) is 12.3. The van der Waals surface area contributed by atoms with Gasteiger partial charge in [0.2, 0.25) is 0 Å². The van der Waals surface area contributed by atoms with Crippen LogP contribution in [-0.2, 0) is 14.3 Å². The van der Waals surface area contributed by atoms with E-state index in [0.29, 0.717) is 43.4 Å². The van der Waals surface area contributed by atoms with Crippen LogP contribution in [0.4, 0.5) is 0 Å². The Morgan fingerprint density at radius 1 is 1.07 bits per heavy atom. The van der Waals surface area contributed by atoms with E-state index >= 15 is 0 Å². The topological polar surface area (TPSA) is 109 Å². The van der Waals surface area contributed by atoms with E-state index in [1.54, 1.807) is 44.2 Å². The number of methoxy groups -OCH3 is 1. The minimum absolute atomic E-state index is 0.127. The van der Waals surface area contributed by atoms with Crippen LogP contribution in [0.2, 0.25) is 0 Å². The van der Waals surface area contributed by atoms with Gasteiger partial charge in [-0.15, -0.1) is 0 Å². The van der Waals surface area contributed by atoms with Crippen LogP contribution in [0.5, 0.6) is 5.75 Å². The summed E-state index contributed by atoms with van der Waals surface area (Å²) in [5, 5.41) is 0. The third kappa shape index (κ3) is 5.70. The van der Waals surface area contributed by atoms with E-state index in [0.717, 1.165) is 11.1 Å². The van der Waals surface area contributed by atoms with Gasteiger partial charge in [-0.25, -0.2) is 14.6 Å². The van der Waals surface area contributed by atoms with Crippen LogP contribution in [0, 0.1) is 6.92 Å². The first-order valence-corrected chi connectivity index (χ1v) is 14.7. The van der Waals surface area contributed by atoms with Gasteiger partial charge < -0.3 is 18.6 Å². The third-order valence-electron chi connectivity index (χ3n) is 7.00. The summed E-state index contributed by atoms with van der Waals surface area (Å²) in [5.41, 5.74) is 2.98. The Hall–Kier alpha value is -4.70. The number of ether oxygens (including phenoxy) is 3. The SMILES string of the molecule is CCOC(=O)C1=C(C)N=c2s/c(=C/c3ccc(-c4cccc(C(=O)OC)c4C)o3)c(=O)n2[C@H]1c1ccccc1OC(C)C. The zero-order valence-corrected chi connectivity index (χ0v) is 25.6. The molecule has 0 radical (unpaired) electrons. The van der Waals surface area contributed by atoms with Crippen molar-refractivity contribution < 1.29 is 28.2 Å². The molecule has 0 saturated carbocycles. The van der Waals surface area contributed by atoms with Crippen molar-refractivity contribution in [3.05, 3.63) is 108 Å². The fourth-order valence-corrected chi connectivity index (χ4v) is 6.12. The molecule has 0 bridgehead atoms. The van der Waals surface area contributed by atoms with Gasteiger partial charge in [-0.3, -0.25) is 9.36 Å². The maximum atomic E-state index is 14.0. The lowest BCUT2D eigenvalue weighted by Crippen LogP contribution is -2.40. The number of hydrogen-bond acceptors (Lipinski definition) is 9. The molecule has 1 aliphatic heterocycles. The summed E-state index contributed by atoms with van der Waals surface area (Å²) in [6.07, 6.45) is 1.53. The maximum absolute atomic E-state index is 14.0. The second-order valence-corrected chi connectivity index (χ2v) is 11.2. The number of aromatic nitrogens is 1. The number of esters is 2. The fourth-order valence-electron chi connectivity index (χ4n) is 5.09. The van der Waals surface area contributed by atoms with Crippen LogP contribution in [0.25, 0.3) is 17.4 Å². The average Bonchev–Trinajstić information content (AvgIpc) is 3.56. The molecule has 0 aliphatic carbocycles. The van der Waals surface area contributed by atoms with Crippen molar-refractivity contribution in [2.75, 3.05) is 13.7 Å². The molecular formula is C33H32N2O7S. The number of para-hydroxylation sites is 1. The first-order chi connectivity index (χ1) is 20.6. The molecule has 0 unspecified atom stereocenters. The highest BCUT2D eigenvalue weighted by Gasteiger charge is 2.35. The van der Waals surface area contributed by atoms with Gasteiger partial charge in [0.25, 0.3) is 5.56 Å². The van der Waals surface area contributed by atoms with E-state index in [2.05, 4.69) is 4.99 Å². The number of furan rings is 1. The highest BCUT2D eigenvalue weighted by Crippen LogP contribution is 2.36. The second-order valence-electron chi connectivity index (χ2n) is 10.2. The maximum Gasteiger partial charge on any atom is 0.338 e. The summed E-state index contributed by atoms with van der Waals surface area (Å²) in [6.45, 7) is 9.32. The van der Waals surface area contributed by atoms with Crippen LogP contribution in [-0.4, -0.2) is 36.3 Å². The van der Waals surface area contributed by atoms with E-state index in [4.69, 9.17) is 18.6 Å². The van der Waals surface area contributed by atoms with Crippen molar-refractivity contribution in [2.24, 2.45) is 4.99 Å². The zero-order valence-electron chi connectivity index (χ0n) is 24.8. The first-order valence-electron chi connectivity index (χ1n) is 13.9. The Morgan fingerprint density at radius 2 is 1.84 bits per heavy atom. The van der Waals surface area contributed by atoms with Gasteiger partial charge in [-0.1, -0.05) is 41.7 Å². The highest BCUT2D eigenvalue weighted by atomic mass is 32.1. The Morgan fingerprint density at radius 3 is 2.56 bits per heavy atom. The largest absolute Gasteiger partial charge is 0.491 e. The van der Waals surface area contributed by atoms with E-state index in [1.807, 2.05) is 51.1 Å². The van der Waals surface area contributed by atoms with Crippen molar-refractivity contribution in [3.63, 3.8) is 0 Å². The van der Waals surface area contributed by atoms with Gasteiger partial charge in [0.1, 0.15) is 23.3 Å². The fraction of sp³-hybridized carbons (Fsp3) is 0.273. The Bertz CT molecular complexity index is 1930. The third-order valence-corrected chi connectivity index (χ3v) is 7.98. The molecule has 43 heavy (non-hydrogen) atoms. The predicted octanol–water partition coefficient (Wildman–Crippen LogP) is 4.94. The normalized spacial score (nSPS) is 14.9. The molecule has 9 nitrogen and oxygen atoms in total. The van der Waals surface area contributed by atoms with Gasteiger partial charge in [0.05, 0.1) is 41.2 Å². The molecule has 2 aromatic heterocycles. The Labute approximate surface area is 252 Å². The molecule has 1 atom stereocenters. The quantitative estimate of drug-likeness (QED) is 0.264. The monoisotopic (exact) mass is 600 g/mol. The molecule has 1 aliphatic rings. The Kier molecular flexibility index (Phi) is 8.50. The van der Waals surface area contributed by atoms with Crippen molar-refractivity contribution in [2.45, 2.75) is 46.8 Å². The average molecular weight is 601 g/mol. The molecule has 10 heteroatoms. The molecule has 0 N–H and O–H groups in total. The summed E-state index contributed by atoms with van der Waals surface area (Å²) < 4.78 is 24.4. The number of carbonyl (C=O) groups is 2. The molecule has 0 amide bonds. The Balaban J connectivity index is 1.64. The number of benzene rings is 2. The minimum Gasteiger partial charge on any atom is -0.491 e. The number of hydrogen-bond donors (Lipinski definition) is 0. The summed E-state index contributed by atoms with van der Waals surface area (Å²) in [6, 6.07) is 15.4. The van der Waals surface area contributed by atoms with Gasteiger partial charge >= 0.3 is 11.9 Å². The van der Waals surface area contributed by atoms with Crippen LogP contribution in [0.3, 0.4) is 0 Å². The standard InChI is InChI=1S/C33H32N2O7S/c1-7-40-32(38)28-20(5)34-33-35(29(28)24-11-8-9-14-25(24)41-18(2)3)30(36)27(43-33)17-21-15-16-26(42-21)22-12-10-13-23(19(22)4)31(37)39-6/h8-18,29H,7H2,1-6H3/b27-17+/t29-/m0/s1. The number of thiazole rings is 1. The molecule has 2 aromatic carbocycles. The number of rotatable bonds is 8. The van der Waals surface area contributed by atoms with Gasteiger partial charge in [-0.2, -0.15) is 0 Å². The van der Waals surface area contributed by atoms with E-state index < -0.39 is 18.0 Å². The molecule has 0 fully saturated rings. The molecule has 0 saturated heterocycles. The van der Waals surface area contributed by atoms with E-state index in [1.165, 1.54) is 23.0 Å². The molecule has 0 spiro atoms. The minimum atomic E-state index is -0.803. The molecular weight excluding hydrogens is 568 g/mol. The summed E-state index contributed by atoms with van der Waals surface area (Å²) in [7, 11) is 1.34. The summed E-state index contributed by atoms with van der Waals surface area (Å²) >= 11 is 1.20. The lowest BCUT2D eigenvalue weighted by molar-refractivity contribution is -0.139. The van der Waals surface area contributed by atoms with Gasteiger partial charge in [0, 0.05) is 17.2 Å². The lowest BCUT2D eigenvalue weighted by atomic mass is 9.95. The van der Waals surface area contributed by atoms with E-state index in [-0.39, 0.29) is 23.8 Å². The predicted molar refractivity (Wildman–Crippen MR) is 163 cm³/mol. The smallest absolute Gasteiger partial charge is 0.338 e. The van der Waals surface area contributed by atoms with Crippen LogP contribution >= 0.6 is 11.3 Å². The number of nitrogens with zero attached hydrogens (tertiary/aromatic N) is 2. The van der Waals surface area contributed by atoms with Crippen LogP contribution in [0.15, 0.2) is 80.1 Å². The van der Waals surface area contributed by atoms with Crippen molar-refractivity contribution in [3.8, 4) is 17.1 Å². The van der Waals surface area contributed by atoms with Crippen LogP contribution < -0.4 is 19.6 Å². The summed E-state index contributed by atoms with van der Waals surface area (Å²) in [5.74, 6) is 0.584. The lowest BCUT2D eigenvalue weighted by Gasteiger charge is -2.26. The number of fused-ring (bicyclic) bond motifs is 1. The van der Waals surface area contributed by atoms with Gasteiger partial charge in [-0.05, 0) is 64.4 Å². The number of carbonyl (C=O) groups excluding carboxylic acids is 2. The molecule has 222 valence electrons. The molecule has 5 rings (SSSR count). The van der Waals surface area contributed by atoms with Crippen LogP contribution in [0.1, 0.15) is 61.0 Å². The highest BCUT2D eigenvalue weighted by molar-refractivity contribution is 7.07. The van der Waals surface area contributed by atoms with Gasteiger partial charge in [0.15, 0.2) is 4.80 Å². The molecule has 3 heterocycles. The first kappa shape index (κ1) is 29.8. The van der Waals surface area contributed by atoms with Crippen molar-refractivity contribution >= 4 is 29.4 Å².